The highest BCUT2D eigenvalue weighted by Crippen LogP contribution is 2.34. The van der Waals surface area contributed by atoms with Gasteiger partial charge in [-0.25, -0.2) is 18.7 Å². The fraction of sp³-hybridized carbons (Fsp3) is 0.364. The van der Waals surface area contributed by atoms with Crippen LogP contribution in [0.25, 0.3) is 10.9 Å². The molecule has 2 aliphatic rings. The van der Waals surface area contributed by atoms with Crippen molar-refractivity contribution in [3.05, 3.63) is 58.3 Å². The lowest BCUT2D eigenvalue weighted by atomic mass is 10.0. The van der Waals surface area contributed by atoms with Gasteiger partial charge in [-0.05, 0) is 42.7 Å². The summed E-state index contributed by atoms with van der Waals surface area (Å²) in [4.78, 5) is 39.7. The molecule has 1 amide bonds. The molecule has 160 valence electrons. The molecule has 0 unspecified atom stereocenters. The molecule has 7 nitrogen and oxygen atoms in total. The molecule has 1 fully saturated rings. The summed E-state index contributed by atoms with van der Waals surface area (Å²) in [7, 11) is 0. The van der Waals surface area contributed by atoms with Gasteiger partial charge in [0.1, 0.15) is 5.82 Å². The van der Waals surface area contributed by atoms with Crippen molar-refractivity contribution in [2.24, 2.45) is 0 Å². The highest BCUT2D eigenvalue weighted by Gasteiger charge is 2.36. The first kappa shape index (κ1) is 19.6. The van der Waals surface area contributed by atoms with Gasteiger partial charge in [0.05, 0.1) is 22.8 Å². The van der Waals surface area contributed by atoms with Crippen molar-refractivity contribution in [1.29, 1.82) is 0 Å². The van der Waals surface area contributed by atoms with Crippen molar-refractivity contribution in [1.82, 2.24) is 19.9 Å². The van der Waals surface area contributed by atoms with Crippen molar-refractivity contribution < 1.29 is 13.6 Å². The van der Waals surface area contributed by atoms with Gasteiger partial charge in [0.15, 0.2) is 0 Å². The first-order valence-electron chi connectivity index (χ1n) is 10.3. The zero-order chi connectivity index (χ0) is 21.6. The van der Waals surface area contributed by atoms with Gasteiger partial charge >= 0.3 is 0 Å². The average Bonchev–Trinajstić information content (AvgIpc) is 2.78. The molecule has 1 saturated heterocycles. The molecule has 31 heavy (non-hydrogen) atoms. The minimum atomic E-state index is -2.69. The number of carbonyl (C=O) groups is 1. The Morgan fingerprint density at radius 1 is 1.10 bits per heavy atom. The van der Waals surface area contributed by atoms with Gasteiger partial charge in [-0.15, -0.1) is 0 Å². The fourth-order valence-corrected chi connectivity index (χ4v) is 4.28. The van der Waals surface area contributed by atoms with Crippen LogP contribution in [0.1, 0.15) is 35.2 Å². The smallest absolute Gasteiger partial charge is 0.258 e. The molecule has 0 saturated carbocycles. The maximum Gasteiger partial charge on any atom is 0.258 e. The quantitative estimate of drug-likeness (QED) is 0.682. The van der Waals surface area contributed by atoms with Crippen molar-refractivity contribution >= 4 is 28.3 Å². The van der Waals surface area contributed by atoms with Gasteiger partial charge in [-0.3, -0.25) is 9.59 Å². The summed E-state index contributed by atoms with van der Waals surface area (Å²) >= 11 is 0. The molecule has 3 aromatic rings. The summed E-state index contributed by atoms with van der Waals surface area (Å²) in [6.07, 6.45) is 3.96. The van der Waals surface area contributed by atoms with Gasteiger partial charge in [0.2, 0.25) is 0 Å². The average molecular weight is 425 g/mol. The van der Waals surface area contributed by atoms with Crippen LogP contribution in [0.2, 0.25) is 0 Å². The van der Waals surface area contributed by atoms with Crippen LogP contribution in [-0.4, -0.2) is 51.3 Å². The third-order valence-corrected chi connectivity index (χ3v) is 5.99. The Balaban J connectivity index is 1.43. The SMILES string of the molecule is O=C(c1cnc2c(c1)CCCN2c1ccc2c(=O)[nH]cnc2c1)N1CCC(F)(F)CC1. The van der Waals surface area contributed by atoms with Gasteiger partial charge in [0, 0.05) is 44.4 Å². The van der Waals surface area contributed by atoms with Crippen LogP contribution in [0.3, 0.4) is 0 Å². The predicted octanol–water partition coefficient (Wildman–Crippen LogP) is 3.27. The number of halogens is 2. The number of likely N-dealkylation sites (tertiary alicyclic amines) is 1. The number of anilines is 2. The fourth-order valence-electron chi connectivity index (χ4n) is 4.28. The largest absolute Gasteiger partial charge is 0.338 e. The summed E-state index contributed by atoms with van der Waals surface area (Å²) in [6.45, 7) is 0.861. The second kappa shape index (κ2) is 7.40. The van der Waals surface area contributed by atoms with E-state index >= 15 is 0 Å². The molecule has 0 aliphatic carbocycles. The molecule has 2 aliphatic heterocycles. The molecule has 0 bridgehead atoms. The number of hydrogen-bond donors (Lipinski definition) is 1. The molecule has 9 heteroatoms. The summed E-state index contributed by atoms with van der Waals surface area (Å²) in [5.74, 6) is -2.18. The van der Waals surface area contributed by atoms with Crippen LogP contribution < -0.4 is 10.5 Å². The van der Waals surface area contributed by atoms with Crippen LogP contribution in [0.15, 0.2) is 41.6 Å². The first-order valence-corrected chi connectivity index (χ1v) is 10.3. The number of hydrogen-bond acceptors (Lipinski definition) is 5. The van der Waals surface area contributed by atoms with E-state index in [0.29, 0.717) is 16.5 Å². The number of amides is 1. The summed E-state index contributed by atoms with van der Waals surface area (Å²) < 4.78 is 26.8. The van der Waals surface area contributed by atoms with Gasteiger partial charge in [-0.1, -0.05) is 0 Å². The topological polar surface area (TPSA) is 82.2 Å². The lowest BCUT2D eigenvalue weighted by Crippen LogP contribution is -2.42. The van der Waals surface area contributed by atoms with E-state index in [4.69, 9.17) is 0 Å². The second-order valence-electron chi connectivity index (χ2n) is 8.04. The molecule has 0 spiro atoms. The number of nitrogens with zero attached hydrogens (tertiary/aromatic N) is 4. The number of rotatable bonds is 2. The molecule has 5 rings (SSSR count). The maximum absolute atomic E-state index is 13.4. The standard InChI is InChI=1S/C22H21F2N5O2/c23-22(24)5-8-28(9-6-22)21(31)15-10-14-2-1-7-29(19(14)25-12-15)16-3-4-17-18(11-16)26-13-27-20(17)30/h3-4,10-13H,1-2,5-9H2,(H,26,27,30). The Kier molecular flexibility index (Phi) is 4.68. The minimum Gasteiger partial charge on any atom is -0.338 e. The third kappa shape index (κ3) is 3.64. The van der Waals surface area contributed by atoms with Crippen molar-refractivity contribution in [3.8, 4) is 0 Å². The van der Waals surface area contributed by atoms with E-state index in [-0.39, 0.29) is 37.4 Å². The normalized spacial score (nSPS) is 18.1. The number of aromatic amines is 1. The van der Waals surface area contributed by atoms with Crippen LogP contribution in [0.5, 0.6) is 0 Å². The Morgan fingerprint density at radius 2 is 1.90 bits per heavy atom. The lowest BCUT2D eigenvalue weighted by Gasteiger charge is -2.33. The van der Waals surface area contributed by atoms with Crippen LogP contribution >= 0.6 is 0 Å². The highest BCUT2D eigenvalue weighted by molar-refractivity contribution is 5.94. The molecule has 2 aromatic heterocycles. The number of alkyl halides is 2. The van der Waals surface area contributed by atoms with E-state index in [0.717, 1.165) is 36.5 Å². The number of aromatic nitrogens is 3. The van der Waals surface area contributed by atoms with Crippen LogP contribution in [0.4, 0.5) is 20.3 Å². The summed E-state index contributed by atoms with van der Waals surface area (Å²) in [6, 6.07) is 7.29. The van der Waals surface area contributed by atoms with E-state index in [1.807, 2.05) is 18.2 Å². The molecule has 0 radical (unpaired) electrons. The Hall–Kier alpha value is -3.36. The molecule has 1 aromatic carbocycles. The van der Waals surface area contributed by atoms with Gasteiger partial charge in [-0.2, -0.15) is 0 Å². The molecule has 0 atom stereocenters. The molecular weight excluding hydrogens is 404 g/mol. The molecule has 4 heterocycles. The van der Waals surface area contributed by atoms with Crippen LogP contribution in [0, 0.1) is 0 Å². The van der Waals surface area contributed by atoms with Crippen molar-refractivity contribution in [2.45, 2.75) is 31.6 Å². The van der Waals surface area contributed by atoms with E-state index in [1.165, 1.54) is 17.4 Å². The first-order chi connectivity index (χ1) is 14.9. The number of aryl methyl sites for hydroxylation is 1. The van der Waals surface area contributed by atoms with E-state index in [2.05, 4.69) is 19.9 Å². The molecule has 1 N–H and O–H groups in total. The highest BCUT2D eigenvalue weighted by atomic mass is 19.3. The summed E-state index contributed by atoms with van der Waals surface area (Å²) in [5, 5.41) is 0.518. The number of carbonyl (C=O) groups excluding carboxylic acids is 1. The second-order valence-corrected chi connectivity index (χ2v) is 8.04. The number of pyridine rings is 1. The van der Waals surface area contributed by atoms with Crippen molar-refractivity contribution in [2.75, 3.05) is 24.5 Å². The van der Waals surface area contributed by atoms with E-state index < -0.39 is 5.92 Å². The van der Waals surface area contributed by atoms with E-state index in [9.17, 15) is 18.4 Å². The number of fused-ring (bicyclic) bond motifs is 2. The zero-order valence-electron chi connectivity index (χ0n) is 16.8. The number of benzene rings is 1. The minimum absolute atomic E-state index is 0.0538. The maximum atomic E-state index is 13.4. The van der Waals surface area contributed by atoms with E-state index in [1.54, 1.807) is 6.07 Å². The monoisotopic (exact) mass is 425 g/mol. The van der Waals surface area contributed by atoms with Crippen LogP contribution in [-0.2, 0) is 6.42 Å². The number of piperidine rings is 1. The summed E-state index contributed by atoms with van der Waals surface area (Å²) in [5.41, 5.74) is 2.65. The van der Waals surface area contributed by atoms with Gasteiger partial charge < -0.3 is 14.8 Å². The Labute approximate surface area is 176 Å². The zero-order valence-corrected chi connectivity index (χ0v) is 16.8. The lowest BCUT2D eigenvalue weighted by molar-refractivity contribution is -0.0494. The number of nitrogens with one attached hydrogen (secondary N) is 1. The Bertz CT molecular complexity index is 1220. The Morgan fingerprint density at radius 3 is 2.71 bits per heavy atom. The van der Waals surface area contributed by atoms with Gasteiger partial charge in [0.25, 0.3) is 17.4 Å². The predicted molar refractivity (Wildman–Crippen MR) is 112 cm³/mol. The number of H-pyrrole nitrogens is 1. The third-order valence-electron chi connectivity index (χ3n) is 5.99. The van der Waals surface area contributed by atoms with Crippen molar-refractivity contribution in [3.63, 3.8) is 0 Å². The molecular formula is C22H21F2N5O2.